The van der Waals surface area contributed by atoms with Crippen LogP contribution in [0.5, 0.6) is 0 Å². The largest absolute Gasteiger partial charge is 0.322 e. The molecule has 2 aromatic carbocycles. The molecule has 0 bridgehead atoms. The highest BCUT2D eigenvalue weighted by Crippen LogP contribution is 2.28. The Morgan fingerprint density at radius 2 is 1.93 bits per heavy atom. The number of rotatable bonds is 6. The van der Waals surface area contributed by atoms with E-state index in [9.17, 15) is 13.6 Å². The molecule has 5 nitrogen and oxygen atoms in total. The second-order valence-electron chi connectivity index (χ2n) is 6.00. The zero-order valence-electron chi connectivity index (χ0n) is 15.2. The fourth-order valence-corrected chi connectivity index (χ4v) is 3.87. The number of amides is 1. The Balaban J connectivity index is 1.71. The summed E-state index contributed by atoms with van der Waals surface area (Å²) in [7, 11) is 0. The Morgan fingerprint density at radius 1 is 1.21 bits per heavy atom. The highest BCUT2D eigenvalue weighted by Gasteiger charge is 2.16. The highest BCUT2D eigenvalue weighted by atomic mass is 79.9. The van der Waals surface area contributed by atoms with Crippen molar-refractivity contribution in [1.82, 2.24) is 14.8 Å². The van der Waals surface area contributed by atoms with Crippen molar-refractivity contribution < 1.29 is 13.6 Å². The lowest BCUT2D eigenvalue weighted by Gasteiger charge is -2.10. The maximum atomic E-state index is 13.9. The van der Waals surface area contributed by atoms with E-state index >= 15 is 0 Å². The van der Waals surface area contributed by atoms with Crippen molar-refractivity contribution in [3.05, 3.63) is 58.1 Å². The summed E-state index contributed by atoms with van der Waals surface area (Å²) in [6, 6.07) is 9.75. The summed E-state index contributed by atoms with van der Waals surface area (Å²) in [5, 5.41) is 11.5. The third kappa shape index (κ3) is 4.59. The van der Waals surface area contributed by atoms with Gasteiger partial charge in [-0.15, -0.1) is 10.2 Å². The van der Waals surface area contributed by atoms with E-state index < -0.39 is 17.5 Å². The number of hydrogen-bond donors (Lipinski definition) is 1. The van der Waals surface area contributed by atoms with Crippen LogP contribution < -0.4 is 5.32 Å². The van der Waals surface area contributed by atoms with Crippen molar-refractivity contribution in [1.29, 1.82) is 0 Å². The van der Waals surface area contributed by atoms with Gasteiger partial charge < -0.3 is 9.88 Å². The summed E-state index contributed by atoms with van der Waals surface area (Å²) in [5.74, 6) is -1.27. The van der Waals surface area contributed by atoms with Gasteiger partial charge in [-0.3, -0.25) is 4.79 Å². The SMILES string of the molecule is CCn1c(SCC(=O)Nc2c(F)cc(F)cc2Br)nnc1-c1ccc(C)cc1. The Bertz CT molecular complexity index is 985. The molecule has 0 spiro atoms. The van der Waals surface area contributed by atoms with E-state index in [4.69, 9.17) is 0 Å². The third-order valence-electron chi connectivity index (χ3n) is 3.95. The Morgan fingerprint density at radius 3 is 2.57 bits per heavy atom. The van der Waals surface area contributed by atoms with Crippen molar-refractivity contribution in [2.45, 2.75) is 25.5 Å². The monoisotopic (exact) mass is 466 g/mol. The van der Waals surface area contributed by atoms with Crippen LogP contribution in [-0.2, 0) is 11.3 Å². The summed E-state index contributed by atoms with van der Waals surface area (Å²) in [4.78, 5) is 12.2. The van der Waals surface area contributed by atoms with Crippen LogP contribution in [0.2, 0.25) is 0 Å². The molecule has 146 valence electrons. The van der Waals surface area contributed by atoms with Crippen LogP contribution in [0.4, 0.5) is 14.5 Å². The summed E-state index contributed by atoms with van der Waals surface area (Å²) in [6.45, 7) is 4.62. The quantitative estimate of drug-likeness (QED) is 0.516. The Hall–Kier alpha value is -2.26. The normalized spacial score (nSPS) is 10.9. The first kappa shape index (κ1) is 20.5. The molecule has 0 aliphatic carbocycles. The van der Waals surface area contributed by atoms with Crippen molar-refractivity contribution >= 4 is 39.3 Å². The van der Waals surface area contributed by atoms with E-state index in [1.165, 1.54) is 11.8 Å². The lowest BCUT2D eigenvalue weighted by molar-refractivity contribution is -0.113. The number of nitrogens with zero attached hydrogens (tertiary/aromatic N) is 3. The highest BCUT2D eigenvalue weighted by molar-refractivity contribution is 9.10. The number of benzene rings is 2. The number of anilines is 1. The summed E-state index contributed by atoms with van der Waals surface area (Å²) in [6.07, 6.45) is 0. The maximum Gasteiger partial charge on any atom is 0.234 e. The van der Waals surface area contributed by atoms with E-state index in [0.29, 0.717) is 11.7 Å². The van der Waals surface area contributed by atoms with E-state index in [1.54, 1.807) is 0 Å². The zero-order valence-corrected chi connectivity index (χ0v) is 17.6. The molecule has 28 heavy (non-hydrogen) atoms. The smallest absolute Gasteiger partial charge is 0.234 e. The van der Waals surface area contributed by atoms with Crippen LogP contribution in [0.25, 0.3) is 11.4 Å². The van der Waals surface area contributed by atoms with Gasteiger partial charge in [0.25, 0.3) is 0 Å². The summed E-state index contributed by atoms with van der Waals surface area (Å²) in [5.41, 5.74) is 2.00. The molecule has 1 N–H and O–H groups in total. The van der Waals surface area contributed by atoms with Gasteiger partial charge in [0.15, 0.2) is 16.8 Å². The summed E-state index contributed by atoms with van der Waals surface area (Å²) >= 11 is 4.25. The molecule has 1 aromatic heterocycles. The summed E-state index contributed by atoms with van der Waals surface area (Å²) < 4.78 is 29.1. The van der Waals surface area contributed by atoms with Crippen LogP contribution >= 0.6 is 27.7 Å². The van der Waals surface area contributed by atoms with Crippen molar-refractivity contribution in [3.8, 4) is 11.4 Å². The van der Waals surface area contributed by atoms with Crippen molar-refractivity contribution in [2.24, 2.45) is 0 Å². The van der Waals surface area contributed by atoms with Gasteiger partial charge in [0.1, 0.15) is 5.82 Å². The topological polar surface area (TPSA) is 59.8 Å². The van der Waals surface area contributed by atoms with Crippen LogP contribution in [0, 0.1) is 18.6 Å². The first-order valence-corrected chi connectivity index (χ1v) is 10.2. The second-order valence-corrected chi connectivity index (χ2v) is 7.79. The average Bonchev–Trinajstić information content (AvgIpc) is 3.06. The third-order valence-corrected chi connectivity index (χ3v) is 5.54. The first-order valence-electron chi connectivity index (χ1n) is 8.46. The van der Waals surface area contributed by atoms with E-state index in [2.05, 4.69) is 31.4 Å². The molecule has 3 aromatic rings. The molecule has 1 heterocycles. The lowest BCUT2D eigenvalue weighted by Crippen LogP contribution is -2.16. The van der Waals surface area contributed by atoms with Crippen LogP contribution in [0.1, 0.15) is 12.5 Å². The molecule has 1 amide bonds. The van der Waals surface area contributed by atoms with Gasteiger partial charge in [-0.2, -0.15) is 0 Å². The molecule has 0 aliphatic heterocycles. The fourth-order valence-electron chi connectivity index (χ4n) is 2.56. The van der Waals surface area contributed by atoms with Gasteiger partial charge in [-0.1, -0.05) is 41.6 Å². The maximum absolute atomic E-state index is 13.9. The van der Waals surface area contributed by atoms with E-state index in [1.807, 2.05) is 42.7 Å². The van der Waals surface area contributed by atoms with E-state index in [0.717, 1.165) is 29.1 Å². The Labute approximate surface area is 173 Å². The van der Waals surface area contributed by atoms with Gasteiger partial charge in [-0.25, -0.2) is 8.78 Å². The number of aryl methyl sites for hydroxylation is 1. The number of nitrogens with one attached hydrogen (secondary N) is 1. The number of carbonyl (C=O) groups excluding carboxylic acids is 1. The zero-order chi connectivity index (χ0) is 20.3. The molecule has 3 rings (SSSR count). The molecular formula is C19H17BrF2N4OS. The van der Waals surface area contributed by atoms with Crippen LogP contribution in [-0.4, -0.2) is 26.4 Å². The van der Waals surface area contributed by atoms with Crippen LogP contribution in [0.15, 0.2) is 46.0 Å². The molecule has 0 atom stereocenters. The fraction of sp³-hybridized carbons (Fsp3) is 0.211. The standard InChI is InChI=1S/C19H17BrF2N4OS/c1-3-26-18(12-6-4-11(2)5-7-12)24-25-19(26)28-10-16(27)23-17-14(20)8-13(21)9-15(17)22/h4-9H,3,10H2,1-2H3,(H,23,27). The Kier molecular flexibility index (Phi) is 6.46. The minimum Gasteiger partial charge on any atom is -0.322 e. The molecule has 0 radical (unpaired) electrons. The van der Waals surface area contributed by atoms with Gasteiger partial charge in [0.2, 0.25) is 5.91 Å². The van der Waals surface area contributed by atoms with Crippen molar-refractivity contribution in [3.63, 3.8) is 0 Å². The number of hydrogen-bond acceptors (Lipinski definition) is 4. The minimum absolute atomic E-state index is 0.00921. The number of thioether (sulfide) groups is 1. The molecule has 0 fully saturated rings. The van der Waals surface area contributed by atoms with Gasteiger partial charge >= 0.3 is 0 Å². The average molecular weight is 467 g/mol. The molecule has 9 heteroatoms. The second kappa shape index (κ2) is 8.83. The van der Waals surface area contributed by atoms with Gasteiger partial charge in [0, 0.05) is 22.6 Å². The lowest BCUT2D eigenvalue weighted by atomic mass is 10.1. The number of halogens is 3. The van der Waals surface area contributed by atoms with E-state index in [-0.39, 0.29) is 15.9 Å². The number of aromatic nitrogens is 3. The number of carbonyl (C=O) groups is 1. The van der Waals surface area contributed by atoms with Gasteiger partial charge in [-0.05, 0) is 35.8 Å². The van der Waals surface area contributed by atoms with Crippen molar-refractivity contribution in [2.75, 3.05) is 11.1 Å². The minimum atomic E-state index is -0.844. The predicted molar refractivity (Wildman–Crippen MR) is 109 cm³/mol. The molecule has 0 saturated carbocycles. The molecule has 0 unspecified atom stereocenters. The molecular weight excluding hydrogens is 450 g/mol. The van der Waals surface area contributed by atoms with Crippen LogP contribution in [0.3, 0.4) is 0 Å². The predicted octanol–water partition coefficient (Wildman–Crippen LogP) is 5.04. The molecule has 0 aliphatic rings. The molecule has 0 saturated heterocycles. The van der Waals surface area contributed by atoms with Gasteiger partial charge in [0.05, 0.1) is 11.4 Å². The first-order chi connectivity index (χ1) is 13.4.